The van der Waals surface area contributed by atoms with E-state index in [4.69, 9.17) is 9.47 Å². The number of methoxy groups -OCH3 is 2. The lowest BCUT2D eigenvalue weighted by atomic mass is 9.91. The van der Waals surface area contributed by atoms with E-state index in [9.17, 15) is 4.79 Å². The van der Waals surface area contributed by atoms with E-state index in [2.05, 4.69) is 4.90 Å². The van der Waals surface area contributed by atoms with Gasteiger partial charge in [-0.25, -0.2) is 0 Å². The molecule has 0 radical (unpaired) electrons. The van der Waals surface area contributed by atoms with E-state index in [1.165, 1.54) is 12.8 Å². The van der Waals surface area contributed by atoms with Crippen LogP contribution in [0.3, 0.4) is 0 Å². The third-order valence-corrected chi connectivity index (χ3v) is 4.35. The summed E-state index contributed by atoms with van der Waals surface area (Å²) < 4.78 is 10.7. The van der Waals surface area contributed by atoms with Gasteiger partial charge in [0.2, 0.25) is 0 Å². The number of allylic oxidation sites excluding steroid dienone is 1. The quantitative estimate of drug-likeness (QED) is 0.857. The number of hydrogen-bond acceptors (Lipinski definition) is 4. The Labute approximate surface area is 125 Å². The van der Waals surface area contributed by atoms with Crippen LogP contribution < -0.4 is 9.47 Å². The maximum atomic E-state index is 12.0. The second kappa shape index (κ2) is 5.80. The van der Waals surface area contributed by atoms with E-state index in [0.717, 1.165) is 24.2 Å². The molecular weight excluding hydrogens is 266 g/mol. The van der Waals surface area contributed by atoms with Gasteiger partial charge in [0.05, 0.1) is 14.2 Å². The van der Waals surface area contributed by atoms with Gasteiger partial charge < -0.3 is 14.4 Å². The molecule has 2 aliphatic rings. The van der Waals surface area contributed by atoms with Crippen LogP contribution in [0.5, 0.6) is 11.5 Å². The molecule has 0 aliphatic carbocycles. The highest BCUT2D eigenvalue weighted by Crippen LogP contribution is 2.36. The van der Waals surface area contributed by atoms with Crippen LogP contribution in [-0.2, 0) is 4.79 Å². The Hall–Kier alpha value is -1.97. The van der Waals surface area contributed by atoms with E-state index in [-0.39, 0.29) is 5.78 Å². The maximum absolute atomic E-state index is 12.0. The molecule has 0 unspecified atom stereocenters. The van der Waals surface area contributed by atoms with Crippen LogP contribution in [0.4, 0.5) is 0 Å². The Morgan fingerprint density at radius 2 is 1.95 bits per heavy atom. The van der Waals surface area contributed by atoms with Gasteiger partial charge in [0.1, 0.15) is 0 Å². The van der Waals surface area contributed by atoms with Crippen molar-refractivity contribution in [1.29, 1.82) is 0 Å². The molecule has 0 aromatic heterocycles. The molecule has 1 aromatic rings. The minimum Gasteiger partial charge on any atom is -0.493 e. The topological polar surface area (TPSA) is 38.8 Å². The number of ketones is 1. The number of hydrogen-bond donors (Lipinski definition) is 0. The van der Waals surface area contributed by atoms with Crippen molar-refractivity contribution in [2.75, 3.05) is 20.8 Å². The summed E-state index contributed by atoms with van der Waals surface area (Å²) in [6, 6.07) is 6.21. The van der Waals surface area contributed by atoms with Gasteiger partial charge in [-0.1, -0.05) is 0 Å². The monoisotopic (exact) mass is 287 g/mol. The second-order valence-electron chi connectivity index (χ2n) is 5.61. The minimum atomic E-state index is 0.225. The number of benzene rings is 1. The first kappa shape index (κ1) is 14.0. The lowest BCUT2D eigenvalue weighted by Gasteiger charge is -2.41. The lowest BCUT2D eigenvalue weighted by Crippen LogP contribution is -2.42. The van der Waals surface area contributed by atoms with E-state index in [1.807, 2.05) is 18.2 Å². The van der Waals surface area contributed by atoms with E-state index >= 15 is 0 Å². The molecule has 0 saturated carbocycles. The van der Waals surface area contributed by atoms with Crippen molar-refractivity contribution in [3.8, 4) is 11.5 Å². The Bertz CT molecular complexity index is 579. The Kier molecular flexibility index (Phi) is 3.86. The smallest absolute Gasteiger partial charge is 0.161 e. The summed E-state index contributed by atoms with van der Waals surface area (Å²) in [6.07, 6.45) is 5.94. The molecule has 0 spiro atoms. The normalized spacial score (nSPS) is 21.6. The van der Waals surface area contributed by atoms with Crippen LogP contribution in [0.1, 0.15) is 31.2 Å². The highest BCUT2D eigenvalue weighted by molar-refractivity contribution is 5.98. The van der Waals surface area contributed by atoms with Gasteiger partial charge in [0.25, 0.3) is 0 Å². The van der Waals surface area contributed by atoms with E-state index in [0.29, 0.717) is 24.0 Å². The summed E-state index contributed by atoms with van der Waals surface area (Å²) in [6.45, 7) is 1.03. The third kappa shape index (κ3) is 2.62. The van der Waals surface area contributed by atoms with Gasteiger partial charge >= 0.3 is 0 Å². The zero-order chi connectivity index (χ0) is 14.8. The standard InChI is InChI=1S/C17H21NO3/c1-20-16-7-6-12(9-17(16)21-2)15-11-14(19)10-13-5-3-4-8-18(13)15/h6-7,9,11,13H,3-5,8,10H2,1-2H3/t13-/m0/s1. The summed E-state index contributed by atoms with van der Waals surface area (Å²) in [5.41, 5.74) is 2.05. The Morgan fingerprint density at radius 1 is 1.14 bits per heavy atom. The largest absolute Gasteiger partial charge is 0.493 e. The van der Waals surface area contributed by atoms with Crippen LogP contribution in [0.2, 0.25) is 0 Å². The van der Waals surface area contributed by atoms with Crippen molar-refractivity contribution >= 4 is 11.5 Å². The zero-order valence-electron chi connectivity index (χ0n) is 12.6. The number of fused-ring (bicyclic) bond motifs is 1. The molecule has 3 rings (SSSR count). The molecule has 1 fully saturated rings. The highest BCUT2D eigenvalue weighted by Gasteiger charge is 2.30. The molecule has 0 bridgehead atoms. The van der Waals surface area contributed by atoms with Gasteiger partial charge in [-0.05, 0) is 37.5 Å². The Morgan fingerprint density at radius 3 is 2.71 bits per heavy atom. The van der Waals surface area contributed by atoms with Gasteiger partial charge in [-0.15, -0.1) is 0 Å². The van der Waals surface area contributed by atoms with Gasteiger partial charge in [-0.3, -0.25) is 4.79 Å². The van der Waals surface area contributed by atoms with Crippen molar-refractivity contribution in [2.45, 2.75) is 31.7 Å². The summed E-state index contributed by atoms with van der Waals surface area (Å²) in [5.74, 6) is 1.63. The molecular formula is C17H21NO3. The number of rotatable bonds is 3. The molecule has 2 heterocycles. The molecule has 0 N–H and O–H groups in total. The molecule has 1 atom stereocenters. The van der Waals surface area contributed by atoms with Crippen molar-refractivity contribution in [2.24, 2.45) is 0 Å². The van der Waals surface area contributed by atoms with Gasteiger partial charge in [0, 0.05) is 36.3 Å². The van der Waals surface area contributed by atoms with Gasteiger partial charge in [-0.2, -0.15) is 0 Å². The predicted molar refractivity (Wildman–Crippen MR) is 81.5 cm³/mol. The molecule has 4 nitrogen and oxygen atoms in total. The number of ether oxygens (including phenoxy) is 2. The summed E-state index contributed by atoms with van der Waals surface area (Å²) in [4.78, 5) is 14.4. The van der Waals surface area contributed by atoms with Crippen molar-refractivity contribution < 1.29 is 14.3 Å². The van der Waals surface area contributed by atoms with Crippen molar-refractivity contribution in [3.05, 3.63) is 29.8 Å². The predicted octanol–water partition coefficient (Wildman–Crippen LogP) is 2.87. The van der Waals surface area contributed by atoms with Crippen LogP contribution in [0, 0.1) is 0 Å². The highest BCUT2D eigenvalue weighted by atomic mass is 16.5. The molecule has 4 heteroatoms. The van der Waals surface area contributed by atoms with Crippen LogP contribution >= 0.6 is 0 Å². The van der Waals surface area contributed by atoms with Crippen LogP contribution in [0.15, 0.2) is 24.3 Å². The molecule has 0 amide bonds. The average Bonchev–Trinajstić information content (AvgIpc) is 2.53. The van der Waals surface area contributed by atoms with E-state index < -0.39 is 0 Å². The molecule has 112 valence electrons. The minimum absolute atomic E-state index is 0.225. The zero-order valence-corrected chi connectivity index (χ0v) is 12.6. The van der Waals surface area contributed by atoms with Crippen molar-refractivity contribution in [3.63, 3.8) is 0 Å². The Balaban J connectivity index is 1.99. The number of piperidine rings is 1. The summed E-state index contributed by atoms with van der Waals surface area (Å²) in [7, 11) is 3.26. The fourth-order valence-corrected chi connectivity index (χ4v) is 3.30. The van der Waals surface area contributed by atoms with Crippen molar-refractivity contribution in [1.82, 2.24) is 4.90 Å². The SMILES string of the molecule is COc1ccc(C2=CC(=O)C[C@@H]3CCCCN23)cc1OC. The van der Waals surface area contributed by atoms with E-state index in [1.54, 1.807) is 20.3 Å². The fourth-order valence-electron chi connectivity index (χ4n) is 3.30. The average molecular weight is 287 g/mol. The third-order valence-electron chi connectivity index (χ3n) is 4.35. The number of carbonyl (C=O) groups excluding carboxylic acids is 1. The molecule has 1 saturated heterocycles. The summed E-state index contributed by atoms with van der Waals surface area (Å²) >= 11 is 0. The second-order valence-corrected chi connectivity index (χ2v) is 5.61. The first-order chi connectivity index (χ1) is 10.2. The number of nitrogens with zero attached hydrogens (tertiary/aromatic N) is 1. The van der Waals surface area contributed by atoms with Gasteiger partial charge in [0.15, 0.2) is 17.3 Å². The first-order valence-corrected chi connectivity index (χ1v) is 7.46. The maximum Gasteiger partial charge on any atom is 0.161 e. The number of carbonyl (C=O) groups is 1. The molecule has 1 aromatic carbocycles. The van der Waals surface area contributed by atoms with Crippen LogP contribution in [-0.4, -0.2) is 37.5 Å². The summed E-state index contributed by atoms with van der Waals surface area (Å²) in [5, 5.41) is 0. The molecule has 21 heavy (non-hydrogen) atoms. The fraction of sp³-hybridized carbons (Fsp3) is 0.471. The lowest BCUT2D eigenvalue weighted by molar-refractivity contribution is -0.116. The first-order valence-electron chi connectivity index (χ1n) is 7.46. The molecule has 2 aliphatic heterocycles. The van der Waals surface area contributed by atoms with Crippen LogP contribution in [0.25, 0.3) is 5.70 Å².